The Morgan fingerprint density at radius 3 is 2.76 bits per heavy atom. The number of benzene rings is 1. The van der Waals surface area contributed by atoms with E-state index in [4.69, 9.17) is 0 Å². The summed E-state index contributed by atoms with van der Waals surface area (Å²) in [6.07, 6.45) is 7.85. The third-order valence-electron chi connectivity index (χ3n) is 4.11. The van der Waals surface area contributed by atoms with E-state index in [0.29, 0.717) is 5.92 Å². The van der Waals surface area contributed by atoms with Gasteiger partial charge in [0.05, 0.1) is 5.69 Å². The molecule has 3 heterocycles. The Hall–Kier alpha value is -3.14. The summed E-state index contributed by atoms with van der Waals surface area (Å²) < 4.78 is 1.88. The lowest BCUT2D eigenvalue weighted by Crippen LogP contribution is -1.97. The van der Waals surface area contributed by atoms with Gasteiger partial charge >= 0.3 is 0 Å². The molecule has 0 atom stereocenters. The summed E-state index contributed by atoms with van der Waals surface area (Å²) in [5.74, 6) is 0.433. The van der Waals surface area contributed by atoms with Crippen LogP contribution >= 0.6 is 0 Å². The number of allylic oxidation sites excluding steroid dienone is 1. The van der Waals surface area contributed by atoms with E-state index in [9.17, 15) is 0 Å². The largest absolute Gasteiger partial charge is 0.339 e. The molecule has 0 saturated heterocycles. The lowest BCUT2D eigenvalue weighted by atomic mass is 9.98. The van der Waals surface area contributed by atoms with Crippen LogP contribution in [0.2, 0.25) is 0 Å². The number of hydrogen-bond acceptors (Lipinski definition) is 2. The summed E-state index contributed by atoms with van der Waals surface area (Å²) in [5.41, 5.74) is 5.39. The van der Waals surface area contributed by atoms with Gasteiger partial charge in [-0.1, -0.05) is 32.1 Å². The lowest BCUT2D eigenvalue weighted by Gasteiger charge is -2.10. The van der Waals surface area contributed by atoms with Crippen molar-refractivity contribution in [2.24, 2.45) is 5.92 Å². The van der Waals surface area contributed by atoms with Crippen LogP contribution in [0, 0.1) is 5.92 Å². The molecular weight excluding hydrogens is 308 g/mol. The molecule has 4 aromatic rings. The summed E-state index contributed by atoms with van der Waals surface area (Å²) in [6, 6.07) is 16.6. The molecule has 0 fully saturated rings. The lowest BCUT2D eigenvalue weighted by molar-refractivity contribution is 0.833. The highest BCUT2D eigenvalue weighted by Crippen LogP contribution is 2.28. The molecule has 0 unspecified atom stereocenters. The number of hydrogen-bond donors (Lipinski definition) is 1. The van der Waals surface area contributed by atoms with E-state index in [1.807, 2.05) is 29.2 Å². The van der Waals surface area contributed by atoms with Crippen LogP contribution in [-0.4, -0.2) is 19.7 Å². The topological polar surface area (TPSA) is 46.5 Å². The van der Waals surface area contributed by atoms with Gasteiger partial charge in [-0.05, 0) is 47.9 Å². The van der Waals surface area contributed by atoms with Crippen LogP contribution in [0.5, 0.6) is 0 Å². The first-order valence-corrected chi connectivity index (χ1v) is 8.47. The molecule has 0 radical (unpaired) electrons. The van der Waals surface area contributed by atoms with Gasteiger partial charge in [0.2, 0.25) is 0 Å². The average molecular weight is 328 g/mol. The first-order valence-electron chi connectivity index (χ1n) is 8.47. The van der Waals surface area contributed by atoms with E-state index in [2.05, 4.69) is 71.4 Å². The summed E-state index contributed by atoms with van der Waals surface area (Å²) >= 11 is 0. The third kappa shape index (κ3) is 3.11. The maximum absolute atomic E-state index is 4.42. The Morgan fingerprint density at radius 1 is 1.08 bits per heavy atom. The Balaban J connectivity index is 1.84. The first kappa shape index (κ1) is 15.4. The molecule has 0 aliphatic rings. The van der Waals surface area contributed by atoms with Crippen LogP contribution < -0.4 is 0 Å². The Labute approximate surface area is 146 Å². The van der Waals surface area contributed by atoms with E-state index in [0.717, 1.165) is 28.0 Å². The Kier molecular flexibility index (Phi) is 3.94. The van der Waals surface area contributed by atoms with Crippen molar-refractivity contribution in [2.75, 3.05) is 0 Å². The molecular formula is C21H20N4. The number of aromatic nitrogens is 4. The monoisotopic (exact) mass is 328 g/mol. The second-order valence-electron chi connectivity index (χ2n) is 6.45. The third-order valence-corrected chi connectivity index (χ3v) is 4.11. The number of aromatic amines is 1. The van der Waals surface area contributed by atoms with Crippen LogP contribution in [0.3, 0.4) is 0 Å². The fraction of sp³-hybridized carbons (Fsp3) is 0.143. The predicted octanol–water partition coefficient (Wildman–Crippen LogP) is 4.84. The number of fused-ring (bicyclic) bond motifs is 1. The Bertz CT molecular complexity index is 990. The number of pyridine rings is 1. The van der Waals surface area contributed by atoms with E-state index in [1.54, 1.807) is 6.20 Å². The molecule has 0 aliphatic heterocycles. The molecule has 4 heteroatoms. The molecule has 4 rings (SSSR count). The van der Waals surface area contributed by atoms with E-state index in [-0.39, 0.29) is 0 Å². The number of rotatable bonds is 4. The van der Waals surface area contributed by atoms with E-state index >= 15 is 0 Å². The number of nitrogens with zero attached hydrogens (tertiary/aromatic N) is 3. The summed E-state index contributed by atoms with van der Waals surface area (Å²) in [4.78, 5) is 7.87. The van der Waals surface area contributed by atoms with Crippen molar-refractivity contribution in [3.05, 3.63) is 84.5 Å². The zero-order chi connectivity index (χ0) is 17.2. The normalized spacial score (nSPS) is 12.2. The van der Waals surface area contributed by atoms with Gasteiger partial charge in [-0.25, -0.2) is 9.67 Å². The first-order chi connectivity index (χ1) is 12.2. The molecule has 0 saturated carbocycles. The van der Waals surface area contributed by atoms with Crippen molar-refractivity contribution >= 4 is 16.6 Å². The van der Waals surface area contributed by atoms with Crippen molar-refractivity contribution < 1.29 is 0 Å². The molecule has 0 aliphatic carbocycles. The summed E-state index contributed by atoms with van der Waals surface area (Å²) in [6.45, 7) is 4.39. The number of H-pyrrole nitrogens is 1. The van der Waals surface area contributed by atoms with E-state index in [1.165, 1.54) is 5.57 Å². The van der Waals surface area contributed by atoms with Crippen LogP contribution in [0.15, 0.2) is 73.2 Å². The van der Waals surface area contributed by atoms with Crippen molar-refractivity contribution in [1.29, 1.82) is 0 Å². The highest BCUT2D eigenvalue weighted by molar-refractivity contribution is 5.87. The second-order valence-corrected chi connectivity index (χ2v) is 6.45. The van der Waals surface area contributed by atoms with E-state index < -0.39 is 0 Å². The number of nitrogens with one attached hydrogen (secondary N) is 1. The smallest absolute Gasteiger partial charge is 0.137 e. The van der Waals surface area contributed by atoms with Gasteiger partial charge in [-0.3, -0.25) is 0 Å². The maximum atomic E-state index is 4.42. The SMILES string of the molecule is CC(C)C=C(c1cccc(-n2cccn2)c1)c1cc2cccnc2[nH]1. The molecule has 0 bridgehead atoms. The average Bonchev–Trinajstić information content (AvgIpc) is 3.29. The van der Waals surface area contributed by atoms with Crippen LogP contribution in [0.4, 0.5) is 0 Å². The highest BCUT2D eigenvalue weighted by atomic mass is 15.3. The fourth-order valence-electron chi connectivity index (χ4n) is 3.02. The Morgan fingerprint density at radius 2 is 2.00 bits per heavy atom. The van der Waals surface area contributed by atoms with Gasteiger partial charge in [-0.2, -0.15) is 5.10 Å². The van der Waals surface area contributed by atoms with Gasteiger partial charge in [-0.15, -0.1) is 0 Å². The van der Waals surface area contributed by atoms with Gasteiger partial charge in [0.15, 0.2) is 0 Å². The zero-order valence-corrected chi connectivity index (χ0v) is 14.3. The second kappa shape index (κ2) is 6.40. The van der Waals surface area contributed by atoms with Crippen LogP contribution in [0.25, 0.3) is 22.3 Å². The van der Waals surface area contributed by atoms with Crippen molar-refractivity contribution in [3.63, 3.8) is 0 Å². The minimum absolute atomic E-state index is 0.433. The van der Waals surface area contributed by atoms with Gasteiger partial charge in [0, 0.05) is 35.2 Å². The molecule has 1 N–H and O–H groups in total. The van der Waals surface area contributed by atoms with Crippen LogP contribution in [-0.2, 0) is 0 Å². The minimum Gasteiger partial charge on any atom is -0.339 e. The molecule has 0 amide bonds. The highest BCUT2D eigenvalue weighted by Gasteiger charge is 2.11. The molecule has 124 valence electrons. The minimum atomic E-state index is 0.433. The summed E-state index contributed by atoms with van der Waals surface area (Å²) in [7, 11) is 0. The predicted molar refractivity (Wildman–Crippen MR) is 102 cm³/mol. The quantitative estimate of drug-likeness (QED) is 0.583. The standard InChI is InChI=1S/C21H20N4/c1-15(2)12-19(20-14-17-7-4-9-22-21(17)24-20)16-6-3-8-18(13-16)25-11-5-10-23-25/h3-15H,1-2H3,(H,22,24). The molecule has 1 aromatic carbocycles. The molecule has 0 spiro atoms. The molecule has 4 nitrogen and oxygen atoms in total. The molecule has 25 heavy (non-hydrogen) atoms. The van der Waals surface area contributed by atoms with Gasteiger partial charge in [0.25, 0.3) is 0 Å². The fourth-order valence-corrected chi connectivity index (χ4v) is 3.02. The van der Waals surface area contributed by atoms with Crippen molar-refractivity contribution in [1.82, 2.24) is 19.7 Å². The summed E-state index contributed by atoms with van der Waals surface area (Å²) in [5, 5.41) is 5.46. The molecule has 3 aromatic heterocycles. The van der Waals surface area contributed by atoms with Crippen molar-refractivity contribution in [2.45, 2.75) is 13.8 Å². The maximum Gasteiger partial charge on any atom is 0.137 e. The van der Waals surface area contributed by atoms with Crippen molar-refractivity contribution in [3.8, 4) is 5.69 Å². The van der Waals surface area contributed by atoms with Gasteiger partial charge in [0.1, 0.15) is 5.65 Å². The zero-order valence-electron chi connectivity index (χ0n) is 14.3. The van der Waals surface area contributed by atoms with Crippen LogP contribution in [0.1, 0.15) is 25.1 Å². The van der Waals surface area contributed by atoms with Gasteiger partial charge < -0.3 is 4.98 Å².